The third kappa shape index (κ3) is 7.78. The fourth-order valence-corrected chi connectivity index (χ4v) is 7.07. The van der Waals surface area contributed by atoms with Gasteiger partial charge in [0.2, 0.25) is 0 Å². The summed E-state index contributed by atoms with van der Waals surface area (Å²) in [5.74, 6) is 0.965. The molecule has 2 unspecified atom stereocenters. The number of ether oxygens (including phenoxy) is 1. The van der Waals surface area contributed by atoms with E-state index in [1.165, 1.54) is 53.1 Å². The van der Waals surface area contributed by atoms with Crippen LogP contribution in [0.4, 0.5) is 28.0 Å². The van der Waals surface area contributed by atoms with Crippen molar-refractivity contribution in [3.63, 3.8) is 0 Å². The van der Waals surface area contributed by atoms with E-state index in [0.717, 1.165) is 53.8 Å². The molecule has 2 heterocycles. The third-order valence-corrected chi connectivity index (χ3v) is 9.40. The van der Waals surface area contributed by atoms with Crippen molar-refractivity contribution in [3.05, 3.63) is 90.0 Å². The van der Waals surface area contributed by atoms with E-state index in [1.54, 1.807) is 12.1 Å². The molecule has 1 saturated heterocycles. The van der Waals surface area contributed by atoms with Crippen LogP contribution < -0.4 is 15.0 Å². The van der Waals surface area contributed by atoms with Gasteiger partial charge in [0.15, 0.2) is 11.0 Å². The van der Waals surface area contributed by atoms with Crippen LogP contribution >= 0.6 is 11.8 Å². The number of amidine groups is 1. The molecule has 246 valence electrons. The summed E-state index contributed by atoms with van der Waals surface area (Å²) in [6, 6.07) is 17.6. The molecule has 1 aliphatic carbocycles. The molecule has 47 heavy (non-hydrogen) atoms. The molecule has 2 amide bonds. The Balaban J connectivity index is 1.12. The maximum atomic E-state index is 14.1. The van der Waals surface area contributed by atoms with Gasteiger partial charge in [-0.25, -0.2) is 18.9 Å². The van der Waals surface area contributed by atoms with Crippen LogP contribution in [-0.4, -0.2) is 50.7 Å². The number of halogens is 4. The Bertz CT molecular complexity index is 1740. The molecule has 1 saturated carbocycles. The number of hydrogen-bond acceptors (Lipinski definition) is 5. The van der Waals surface area contributed by atoms with E-state index in [-0.39, 0.29) is 35.5 Å². The summed E-state index contributed by atoms with van der Waals surface area (Å²) in [4.78, 5) is 24.2. The molecule has 2 aliphatic rings. The zero-order chi connectivity index (χ0) is 33.1. The van der Waals surface area contributed by atoms with Gasteiger partial charge in [-0.05, 0) is 78.8 Å². The number of amides is 2. The molecule has 1 N–H and O–H groups in total. The summed E-state index contributed by atoms with van der Waals surface area (Å²) < 4.78 is 56.9. The zero-order valence-corrected chi connectivity index (χ0v) is 26.7. The number of carbonyl (C=O) groups is 1. The molecule has 0 radical (unpaired) electrons. The second-order valence-electron chi connectivity index (χ2n) is 11.9. The van der Waals surface area contributed by atoms with Crippen LogP contribution in [0.5, 0.6) is 5.75 Å². The van der Waals surface area contributed by atoms with Crippen LogP contribution in [-0.2, 0) is 0 Å². The average Bonchev–Trinajstić information content (AvgIpc) is 3.72. The van der Waals surface area contributed by atoms with E-state index in [2.05, 4.69) is 25.1 Å². The first-order valence-corrected chi connectivity index (χ1v) is 16.5. The highest BCUT2D eigenvalue weighted by molar-refractivity contribution is 8.14. The number of nitrogens with zero attached hydrogens (tertiary/aromatic N) is 5. The molecular formula is C34H34F4N6O2S. The number of aliphatic imine (C=N–C) groups is 1. The van der Waals surface area contributed by atoms with Crippen LogP contribution in [0.15, 0.2) is 78.0 Å². The summed E-state index contributed by atoms with van der Waals surface area (Å²) in [7, 11) is 0. The van der Waals surface area contributed by atoms with E-state index < -0.39 is 6.36 Å². The molecule has 13 heteroatoms. The van der Waals surface area contributed by atoms with Crippen LogP contribution in [0.2, 0.25) is 0 Å². The predicted octanol–water partition coefficient (Wildman–Crippen LogP) is 8.44. The number of carbonyl (C=O) groups excluding carboxylic acids is 1. The van der Waals surface area contributed by atoms with Gasteiger partial charge in [0.25, 0.3) is 0 Å². The fraction of sp³-hybridized carbons (Fsp3) is 0.353. The Hall–Kier alpha value is -4.39. The van der Waals surface area contributed by atoms with Crippen LogP contribution in [0.3, 0.4) is 0 Å². The second-order valence-corrected chi connectivity index (χ2v) is 12.9. The van der Waals surface area contributed by atoms with Gasteiger partial charge in [0, 0.05) is 35.5 Å². The van der Waals surface area contributed by atoms with Crippen molar-refractivity contribution in [2.75, 3.05) is 17.2 Å². The lowest BCUT2D eigenvalue weighted by Gasteiger charge is -2.32. The Kier molecular flexibility index (Phi) is 9.53. The second kappa shape index (κ2) is 13.8. The average molecular weight is 667 g/mol. The lowest BCUT2D eigenvalue weighted by Crippen LogP contribution is -2.39. The number of rotatable bonds is 7. The normalized spacial score (nSPS) is 19.4. The van der Waals surface area contributed by atoms with Gasteiger partial charge in [-0.2, -0.15) is 4.99 Å². The van der Waals surface area contributed by atoms with Crippen molar-refractivity contribution in [1.29, 1.82) is 0 Å². The molecule has 2 atom stereocenters. The van der Waals surface area contributed by atoms with Crippen LogP contribution in [0, 0.1) is 5.82 Å². The minimum Gasteiger partial charge on any atom is -0.406 e. The maximum absolute atomic E-state index is 14.1. The largest absolute Gasteiger partial charge is 0.573 e. The lowest BCUT2D eigenvalue weighted by atomic mass is 9.93. The number of hydrogen-bond donors (Lipinski definition) is 1. The Morgan fingerprint density at radius 2 is 1.81 bits per heavy atom. The number of benzene rings is 3. The number of anilines is 1. The quantitative estimate of drug-likeness (QED) is 0.199. The third-order valence-electron chi connectivity index (χ3n) is 8.34. The summed E-state index contributed by atoms with van der Waals surface area (Å²) in [6.07, 6.45) is 0.417. The van der Waals surface area contributed by atoms with Crippen molar-refractivity contribution >= 4 is 28.6 Å². The predicted molar refractivity (Wildman–Crippen MR) is 175 cm³/mol. The van der Waals surface area contributed by atoms with E-state index in [0.29, 0.717) is 23.2 Å². The molecule has 6 rings (SSSR count). The van der Waals surface area contributed by atoms with Gasteiger partial charge < -0.3 is 15.0 Å². The van der Waals surface area contributed by atoms with E-state index >= 15 is 0 Å². The molecule has 0 spiro atoms. The summed E-state index contributed by atoms with van der Waals surface area (Å²) in [5.41, 5.74) is 4.17. The number of alkyl halides is 3. The summed E-state index contributed by atoms with van der Waals surface area (Å²) in [6.45, 7) is 4.76. The molecule has 3 aromatic carbocycles. The van der Waals surface area contributed by atoms with E-state index in [9.17, 15) is 22.4 Å². The van der Waals surface area contributed by atoms with Crippen molar-refractivity contribution in [1.82, 2.24) is 20.1 Å². The van der Waals surface area contributed by atoms with Gasteiger partial charge in [-0.1, -0.05) is 56.3 Å². The first-order valence-electron chi connectivity index (χ1n) is 15.5. The standard InChI is InChI=1S/C34H34F4N6O2S/c1-21(2)28-19-24(35)11-16-30(28)43-17-4-18-47-33(43)41-32(45)40-29-6-3-5-27(29)22-7-9-23(10-8-22)31-39-20-44(42-31)25-12-14-26(15-13-25)46-34(36,37)38/h7-16,19-21,27,29H,3-6,17-18H2,1-2H3,(H,40,45). The minimum absolute atomic E-state index is 0.0709. The Morgan fingerprint density at radius 3 is 2.53 bits per heavy atom. The van der Waals surface area contributed by atoms with E-state index in [1.807, 2.05) is 43.0 Å². The van der Waals surface area contributed by atoms with Gasteiger partial charge in [0.05, 0.1) is 5.69 Å². The summed E-state index contributed by atoms with van der Waals surface area (Å²) in [5, 5.41) is 8.26. The zero-order valence-electron chi connectivity index (χ0n) is 25.9. The fourth-order valence-electron chi connectivity index (χ4n) is 6.12. The van der Waals surface area contributed by atoms with Gasteiger partial charge in [-0.3, -0.25) is 0 Å². The molecule has 1 aliphatic heterocycles. The molecule has 4 aromatic rings. The van der Waals surface area contributed by atoms with Gasteiger partial charge >= 0.3 is 12.4 Å². The monoisotopic (exact) mass is 666 g/mol. The van der Waals surface area contributed by atoms with Crippen molar-refractivity contribution in [3.8, 4) is 22.8 Å². The minimum atomic E-state index is -4.76. The maximum Gasteiger partial charge on any atom is 0.573 e. The lowest BCUT2D eigenvalue weighted by molar-refractivity contribution is -0.274. The topological polar surface area (TPSA) is 84.6 Å². The smallest absolute Gasteiger partial charge is 0.406 e. The number of urea groups is 1. The van der Waals surface area contributed by atoms with Gasteiger partial charge in [-0.15, -0.1) is 18.3 Å². The molecule has 1 aromatic heterocycles. The molecule has 2 fully saturated rings. The highest BCUT2D eigenvalue weighted by atomic mass is 32.2. The molecular weight excluding hydrogens is 632 g/mol. The first kappa shape index (κ1) is 32.5. The van der Waals surface area contributed by atoms with Crippen LogP contribution in [0.25, 0.3) is 17.1 Å². The molecule has 0 bridgehead atoms. The van der Waals surface area contributed by atoms with Crippen molar-refractivity contribution in [2.45, 2.75) is 63.8 Å². The Labute approximate surface area is 274 Å². The number of aromatic nitrogens is 3. The highest BCUT2D eigenvalue weighted by Crippen LogP contribution is 2.36. The SMILES string of the molecule is CC(C)c1cc(F)ccc1N1CCCSC1=NC(=O)NC1CCCC1c1ccc(-c2ncn(-c3ccc(OC(F)(F)F)cc3)n2)cc1. The first-order chi connectivity index (χ1) is 22.5. The van der Waals surface area contributed by atoms with Crippen molar-refractivity contribution < 1.29 is 27.1 Å². The van der Waals surface area contributed by atoms with Crippen LogP contribution in [0.1, 0.15) is 62.5 Å². The number of thioether (sulfide) groups is 1. The number of nitrogens with one attached hydrogen (secondary N) is 1. The molecule has 8 nitrogen and oxygen atoms in total. The van der Waals surface area contributed by atoms with Crippen molar-refractivity contribution in [2.24, 2.45) is 4.99 Å². The van der Waals surface area contributed by atoms with E-state index in [4.69, 9.17) is 0 Å². The Morgan fingerprint density at radius 1 is 1.04 bits per heavy atom. The highest BCUT2D eigenvalue weighted by Gasteiger charge is 2.32. The van der Waals surface area contributed by atoms with Gasteiger partial charge in [0.1, 0.15) is 17.9 Å². The summed E-state index contributed by atoms with van der Waals surface area (Å²) >= 11 is 1.54.